The summed E-state index contributed by atoms with van der Waals surface area (Å²) in [5.41, 5.74) is 1.48. The summed E-state index contributed by atoms with van der Waals surface area (Å²) in [5, 5.41) is 14.8. The minimum absolute atomic E-state index is 0.127. The first-order valence-corrected chi connectivity index (χ1v) is 6.32. The van der Waals surface area contributed by atoms with Crippen LogP contribution in [0.4, 0.5) is 11.4 Å². The van der Waals surface area contributed by atoms with Crippen LogP contribution < -0.4 is 4.90 Å². The van der Waals surface area contributed by atoms with E-state index in [4.69, 9.17) is 0 Å². The Morgan fingerprint density at radius 1 is 1.37 bits per heavy atom. The van der Waals surface area contributed by atoms with E-state index in [0.717, 1.165) is 25.9 Å². The van der Waals surface area contributed by atoms with E-state index in [2.05, 4.69) is 14.9 Å². The van der Waals surface area contributed by atoms with Gasteiger partial charge in [0.1, 0.15) is 12.8 Å². The second-order valence-corrected chi connectivity index (χ2v) is 4.47. The molecule has 1 heterocycles. The van der Waals surface area contributed by atoms with Crippen LogP contribution in [0.25, 0.3) is 0 Å². The number of anilines is 1. The maximum Gasteiger partial charge on any atom is 0.293 e. The molecule has 1 fully saturated rings. The van der Waals surface area contributed by atoms with Crippen molar-refractivity contribution in [3.8, 4) is 0 Å². The van der Waals surface area contributed by atoms with Crippen molar-refractivity contribution < 1.29 is 9.76 Å². The van der Waals surface area contributed by atoms with Crippen molar-refractivity contribution in [2.24, 2.45) is 5.16 Å². The quantitative estimate of drug-likeness (QED) is 0.475. The molecule has 0 unspecified atom stereocenters. The van der Waals surface area contributed by atoms with Crippen LogP contribution in [-0.4, -0.2) is 31.3 Å². The molecule has 1 aliphatic rings. The normalized spacial score (nSPS) is 15.7. The number of nitro groups is 1. The third-order valence-corrected chi connectivity index (χ3v) is 3.20. The van der Waals surface area contributed by atoms with E-state index in [-0.39, 0.29) is 10.6 Å². The van der Waals surface area contributed by atoms with E-state index >= 15 is 0 Å². The molecule has 0 amide bonds. The Labute approximate surface area is 111 Å². The minimum atomic E-state index is -0.339. The molecule has 102 valence electrons. The molecular formula is C13H17N3O3. The molecule has 0 aromatic heterocycles. The Hall–Kier alpha value is -2.11. The summed E-state index contributed by atoms with van der Waals surface area (Å²) < 4.78 is 0. The second kappa shape index (κ2) is 6.17. The van der Waals surface area contributed by atoms with Crippen LogP contribution in [0.5, 0.6) is 0 Å². The predicted octanol–water partition coefficient (Wildman–Crippen LogP) is 2.57. The third kappa shape index (κ3) is 3.21. The second-order valence-electron chi connectivity index (χ2n) is 4.47. The molecule has 1 aromatic carbocycles. The van der Waals surface area contributed by atoms with Gasteiger partial charge in [0.2, 0.25) is 0 Å². The van der Waals surface area contributed by atoms with Crippen LogP contribution >= 0.6 is 0 Å². The van der Waals surface area contributed by atoms with Gasteiger partial charge in [0, 0.05) is 24.7 Å². The average Bonchev–Trinajstić information content (AvgIpc) is 2.45. The van der Waals surface area contributed by atoms with Gasteiger partial charge >= 0.3 is 0 Å². The zero-order valence-electron chi connectivity index (χ0n) is 10.9. The zero-order chi connectivity index (χ0) is 13.7. The largest absolute Gasteiger partial charge is 0.399 e. The summed E-state index contributed by atoms with van der Waals surface area (Å²) in [4.78, 5) is 17.5. The molecule has 6 nitrogen and oxygen atoms in total. The molecule has 0 atom stereocenters. The van der Waals surface area contributed by atoms with Gasteiger partial charge in [-0.15, -0.1) is 0 Å². The fourth-order valence-corrected chi connectivity index (χ4v) is 2.28. The summed E-state index contributed by atoms with van der Waals surface area (Å²) in [6, 6.07) is 5.15. The van der Waals surface area contributed by atoms with Gasteiger partial charge in [-0.2, -0.15) is 0 Å². The number of benzene rings is 1. The molecule has 0 spiro atoms. The molecule has 1 aromatic rings. The van der Waals surface area contributed by atoms with E-state index in [1.165, 1.54) is 25.8 Å². The van der Waals surface area contributed by atoms with Gasteiger partial charge in [-0.3, -0.25) is 10.1 Å². The predicted molar refractivity (Wildman–Crippen MR) is 73.8 cm³/mol. The zero-order valence-corrected chi connectivity index (χ0v) is 10.9. The number of oxime groups is 1. The summed E-state index contributed by atoms with van der Waals surface area (Å²) >= 11 is 0. The number of rotatable bonds is 4. The van der Waals surface area contributed by atoms with Gasteiger partial charge in [-0.25, -0.2) is 0 Å². The monoisotopic (exact) mass is 263 g/mol. The minimum Gasteiger partial charge on any atom is -0.399 e. The summed E-state index contributed by atoms with van der Waals surface area (Å²) in [6.07, 6.45) is 4.84. The number of hydrogen-bond donors (Lipinski definition) is 0. The van der Waals surface area contributed by atoms with E-state index in [1.807, 2.05) is 6.07 Å². The van der Waals surface area contributed by atoms with E-state index in [0.29, 0.717) is 11.3 Å². The summed E-state index contributed by atoms with van der Waals surface area (Å²) in [5.74, 6) is 0. The lowest BCUT2D eigenvalue weighted by atomic mass is 10.1. The lowest BCUT2D eigenvalue weighted by molar-refractivity contribution is -0.384. The molecule has 0 bridgehead atoms. The van der Waals surface area contributed by atoms with Gasteiger partial charge in [0.15, 0.2) is 0 Å². The molecule has 0 N–H and O–H groups in total. The molecule has 6 heteroatoms. The van der Waals surface area contributed by atoms with E-state index in [9.17, 15) is 10.1 Å². The first-order chi connectivity index (χ1) is 9.22. The topological polar surface area (TPSA) is 68.0 Å². The fraction of sp³-hybridized carbons (Fsp3) is 0.462. The number of nitrogens with zero attached hydrogens (tertiary/aromatic N) is 3. The summed E-state index contributed by atoms with van der Waals surface area (Å²) in [6.45, 7) is 1.76. The molecule has 1 saturated heterocycles. The van der Waals surface area contributed by atoms with Crippen molar-refractivity contribution in [2.45, 2.75) is 19.3 Å². The highest BCUT2D eigenvalue weighted by molar-refractivity contribution is 5.82. The van der Waals surface area contributed by atoms with Crippen molar-refractivity contribution in [1.29, 1.82) is 0 Å². The maximum atomic E-state index is 11.2. The average molecular weight is 263 g/mol. The highest BCUT2D eigenvalue weighted by Crippen LogP contribution is 2.30. The van der Waals surface area contributed by atoms with Crippen molar-refractivity contribution in [3.05, 3.63) is 33.9 Å². The van der Waals surface area contributed by atoms with Gasteiger partial charge in [-0.05, 0) is 25.3 Å². The summed E-state index contributed by atoms with van der Waals surface area (Å²) in [7, 11) is 1.44. The van der Waals surface area contributed by atoms with Crippen LogP contribution in [0.3, 0.4) is 0 Å². The van der Waals surface area contributed by atoms with Crippen LogP contribution in [0.15, 0.2) is 23.4 Å². The Bertz CT molecular complexity index is 482. The number of nitro benzene ring substituents is 1. The van der Waals surface area contributed by atoms with Crippen molar-refractivity contribution in [1.82, 2.24) is 0 Å². The van der Waals surface area contributed by atoms with Crippen molar-refractivity contribution in [3.63, 3.8) is 0 Å². The Balaban J connectivity index is 2.31. The number of hydrogen-bond acceptors (Lipinski definition) is 5. The van der Waals surface area contributed by atoms with Gasteiger partial charge in [0.05, 0.1) is 11.1 Å². The fourth-order valence-electron chi connectivity index (χ4n) is 2.28. The molecule has 0 radical (unpaired) electrons. The SMILES string of the molecule is CO/N=C/c1ccc(N2CCCCC2)c([N+](=O)[O-])c1. The third-order valence-electron chi connectivity index (χ3n) is 3.20. The lowest BCUT2D eigenvalue weighted by Crippen LogP contribution is -2.29. The molecule has 2 rings (SSSR count). The first kappa shape index (κ1) is 13.3. The molecule has 0 saturated carbocycles. The van der Waals surface area contributed by atoms with Crippen molar-refractivity contribution >= 4 is 17.6 Å². The lowest BCUT2D eigenvalue weighted by Gasteiger charge is -2.28. The van der Waals surface area contributed by atoms with Crippen molar-refractivity contribution in [2.75, 3.05) is 25.1 Å². The van der Waals surface area contributed by atoms with Crippen LogP contribution in [0, 0.1) is 10.1 Å². The molecule has 1 aliphatic heterocycles. The Kier molecular flexibility index (Phi) is 4.33. The van der Waals surface area contributed by atoms with Gasteiger partial charge < -0.3 is 9.74 Å². The number of piperidine rings is 1. The van der Waals surface area contributed by atoms with Crippen LogP contribution in [-0.2, 0) is 4.84 Å². The molecule has 0 aliphatic carbocycles. The highest BCUT2D eigenvalue weighted by atomic mass is 16.6. The highest BCUT2D eigenvalue weighted by Gasteiger charge is 2.21. The van der Waals surface area contributed by atoms with E-state index < -0.39 is 0 Å². The molecule has 19 heavy (non-hydrogen) atoms. The standard InChI is InChI=1S/C13H17N3O3/c1-19-14-10-11-5-6-12(13(9-11)16(17)18)15-7-3-2-4-8-15/h5-6,9-10H,2-4,7-8H2,1H3/b14-10+. The van der Waals surface area contributed by atoms with Gasteiger partial charge in [0.25, 0.3) is 5.69 Å². The maximum absolute atomic E-state index is 11.2. The first-order valence-electron chi connectivity index (χ1n) is 6.32. The van der Waals surface area contributed by atoms with Crippen LogP contribution in [0.1, 0.15) is 24.8 Å². The van der Waals surface area contributed by atoms with E-state index in [1.54, 1.807) is 6.07 Å². The van der Waals surface area contributed by atoms with Gasteiger partial charge in [-0.1, -0.05) is 11.2 Å². The Morgan fingerprint density at radius 3 is 2.74 bits per heavy atom. The van der Waals surface area contributed by atoms with Crippen LogP contribution in [0.2, 0.25) is 0 Å². The Morgan fingerprint density at radius 2 is 2.11 bits per heavy atom. The molecular weight excluding hydrogens is 246 g/mol. The smallest absolute Gasteiger partial charge is 0.293 e.